The molecule has 16 heavy (non-hydrogen) atoms. The Morgan fingerprint density at radius 3 is 2.69 bits per heavy atom. The van der Waals surface area contributed by atoms with E-state index in [0.717, 1.165) is 16.2 Å². The Morgan fingerprint density at radius 2 is 2.12 bits per heavy atom. The third-order valence-corrected chi connectivity index (χ3v) is 7.20. The Bertz CT molecular complexity index is 385. The summed E-state index contributed by atoms with van der Waals surface area (Å²) in [5.74, 6) is 1.29. The lowest BCUT2D eigenvalue weighted by atomic mass is 10.1. The molecule has 0 N–H and O–H groups in total. The number of hydrogen-bond acceptors (Lipinski definition) is 4. The van der Waals surface area contributed by atoms with Crippen molar-refractivity contribution in [3.05, 3.63) is 21.9 Å². The molecule has 1 fully saturated rings. The van der Waals surface area contributed by atoms with Crippen molar-refractivity contribution in [2.75, 3.05) is 5.75 Å². The Labute approximate surface area is 109 Å². The van der Waals surface area contributed by atoms with Gasteiger partial charge in [-0.05, 0) is 18.4 Å². The second-order valence-corrected chi connectivity index (χ2v) is 8.24. The Hall–Kier alpha value is 0.0700. The summed E-state index contributed by atoms with van der Waals surface area (Å²) >= 11 is 5.43. The fourth-order valence-corrected chi connectivity index (χ4v) is 5.31. The van der Waals surface area contributed by atoms with Crippen LogP contribution in [0.15, 0.2) is 11.4 Å². The van der Waals surface area contributed by atoms with E-state index in [1.54, 1.807) is 11.3 Å². The Morgan fingerprint density at radius 1 is 1.38 bits per heavy atom. The lowest BCUT2D eigenvalue weighted by Gasteiger charge is -2.30. The molecule has 1 aliphatic rings. The van der Waals surface area contributed by atoms with Gasteiger partial charge in [-0.15, -0.1) is 23.1 Å². The van der Waals surface area contributed by atoms with Crippen LogP contribution in [0.1, 0.15) is 29.1 Å². The average Bonchev–Trinajstić information content (AvgIpc) is 2.67. The largest absolute Gasteiger partial charge is 0.293 e. The molecule has 0 aromatic carbocycles. The highest BCUT2D eigenvalue weighted by atomic mass is 32.2. The molecule has 1 aromatic heterocycles. The zero-order chi connectivity index (χ0) is 11.7. The first-order valence-corrected chi connectivity index (χ1v) is 8.32. The van der Waals surface area contributed by atoms with E-state index < -0.39 is 0 Å². The van der Waals surface area contributed by atoms with Crippen molar-refractivity contribution >= 4 is 40.6 Å². The molecule has 4 heteroatoms. The highest BCUT2D eigenvalue weighted by molar-refractivity contribution is 8.08. The monoisotopic (exact) mass is 272 g/mol. The number of carbonyl (C=O) groups excluding carboxylic acids is 1. The van der Waals surface area contributed by atoms with E-state index in [1.807, 2.05) is 41.9 Å². The van der Waals surface area contributed by atoms with E-state index in [4.69, 9.17) is 0 Å². The van der Waals surface area contributed by atoms with Gasteiger partial charge in [0.15, 0.2) is 5.78 Å². The van der Waals surface area contributed by atoms with Gasteiger partial charge in [-0.2, -0.15) is 11.8 Å². The first-order valence-electron chi connectivity index (χ1n) is 5.45. The number of ketones is 1. The maximum Gasteiger partial charge on any atom is 0.177 e. The van der Waals surface area contributed by atoms with Gasteiger partial charge in [0, 0.05) is 26.7 Å². The third kappa shape index (κ3) is 2.49. The van der Waals surface area contributed by atoms with Crippen LogP contribution in [-0.4, -0.2) is 27.3 Å². The summed E-state index contributed by atoms with van der Waals surface area (Å²) in [6.45, 7) is 6.51. The van der Waals surface area contributed by atoms with Crippen LogP contribution in [-0.2, 0) is 0 Å². The number of hydrogen-bond donors (Lipinski definition) is 0. The third-order valence-electron chi connectivity index (χ3n) is 2.97. The maximum atomic E-state index is 12.3. The number of carbonyl (C=O) groups is 1. The van der Waals surface area contributed by atoms with Crippen LogP contribution in [0.2, 0.25) is 0 Å². The highest BCUT2D eigenvalue weighted by Gasteiger charge is 2.31. The minimum absolute atomic E-state index is 0.157. The van der Waals surface area contributed by atoms with E-state index in [0.29, 0.717) is 16.3 Å². The molecular weight excluding hydrogens is 256 g/mol. The van der Waals surface area contributed by atoms with E-state index in [2.05, 4.69) is 13.8 Å². The molecule has 3 atom stereocenters. The molecule has 2 rings (SSSR count). The number of Topliss-reactive ketones (excluding diaryl/α,β-unsaturated/α-hetero) is 1. The molecule has 0 bridgehead atoms. The molecule has 1 nitrogen and oxygen atoms in total. The fourth-order valence-electron chi connectivity index (χ4n) is 1.74. The average molecular weight is 272 g/mol. The van der Waals surface area contributed by atoms with Crippen molar-refractivity contribution in [1.82, 2.24) is 0 Å². The fraction of sp³-hybridized carbons (Fsp3) is 0.583. The number of aryl methyl sites for hydroxylation is 1. The van der Waals surface area contributed by atoms with Crippen molar-refractivity contribution in [1.29, 1.82) is 0 Å². The minimum atomic E-state index is 0.157. The number of rotatable bonds is 2. The Kier molecular flexibility index (Phi) is 4.03. The summed E-state index contributed by atoms with van der Waals surface area (Å²) in [5.41, 5.74) is 0.935. The molecule has 1 aromatic rings. The molecule has 3 unspecified atom stereocenters. The minimum Gasteiger partial charge on any atom is -0.293 e. The van der Waals surface area contributed by atoms with E-state index >= 15 is 0 Å². The molecule has 1 aliphatic heterocycles. The summed E-state index contributed by atoms with van der Waals surface area (Å²) in [6, 6.07) is 1.97. The molecule has 0 spiro atoms. The van der Waals surface area contributed by atoms with Crippen molar-refractivity contribution in [2.24, 2.45) is 0 Å². The molecule has 0 saturated carbocycles. The van der Waals surface area contributed by atoms with Gasteiger partial charge in [-0.1, -0.05) is 13.8 Å². The van der Waals surface area contributed by atoms with Crippen molar-refractivity contribution in [3.8, 4) is 0 Å². The standard InChI is InChI=1S/C12H16OS3/c1-7-8(2)16-11(6-15-7)12(13)10-4-5-14-9(10)3/h4-5,7-8,11H,6H2,1-3H3. The van der Waals surface area contributed by atoms with Crippen molar-refractivity contribution in [3.63, 3.8) is 0 Å². The molecule has 0 aliphatic carbocycles. The summed E-state index contributed by atoms with van der Waals surface area (Å²) in [5, 5.41) is 3.41. The maximum absolute atomic E-state index is 12.3. The van der Waals surface area contributed by atoms with E-state index in [1.165, 1.54) is 0 Å². The van der Waals surface area contributed by atoms with E-state index in [9.17, 15) is 4.79 Å². The van der Waals surface area contributed by atoms with Gasteiger partial charge >= 0.3 is 0 Å². The van der Waals surface area contributed by atoms with Crippen LogP contribution in [0, 0.1) is 6.92 Å². The van der Waals surface area contributed by atoms with Crippen molar-refractivity contribution in [2.45, 2.75) is 36.5 Å². The first kappa shape index (κ1) is 12.5. The second-order valence-electron chi connectivity index (χ2n) is 4.12. The van der Waals surface area contributed by atoms with Gasteiger partial charge in [0.2, 0.25) is 0 Å². The van der Waals surface area contributed by atoms with Crippen LogP contribution in [0.3, 0.4) is 0 Å². The van der Waals surface area contributed by atoms with Gasteiger partial charge in [0.05, 0.1) is 5.25 Å². The molecule has 0 radical (unpaired) electrons. The molecule has 88 valence electrons. The second kappa shape index (κ2) is 5.15. The van der Waals surface area contributed by atoms with Gasteiger partial charge < -0.3 is 0 Å². The van der Waals surface area contributed by atoms with Crippen LogP contribution in [0.4, 0.5) is 0 Å². The molecule has 0 amide bonds. The molecule has 1 saturated heterocycles. The predicted molar refractivity (Wildman–Crippen MR) is 76.1 cm³/mol. The topological polar surface area (TPSA) is 17.1 Å². The lowest BCUT2D eigenvalue weighted by molar-refractivity contribution is 0.0994. The smallest absolute Gasteiger partial charge is 0.177 e. The van der Waals surface area contributed by atoms with Crippen molar-refractivity contribution < 1.29 is 4.79 Å². The van der Waals surface area contributed by atoms with Crippen LogP contribution >= 0.6 is 34.9 Å². The van der Waals surface area contributed by atoms with Gasteiger partial charge in [0.1, 0.15) is 0 Å². The first-order chi connectivity index (χ1) is 7.59. The van der Waals surface area contributed by atoms with Gasteiger partial charge in [-0.25, -0.2) is 0 Å². The van der Waals surface area contributed by atoms with Crippen LogP contribution in [0.5, 0.6) is 0 Å². The SMILES string of the molecule is Cc1sccc1C(=O)C1CSC(C)C(C)S1. The molecular formula is C12H16OS3. The highest BCUT2D eigenvalue weighted by Crippen LogP contribution is 2.37. The number of thioether (sulfide) groups is 2. The summed E-state index contributed by atoms with van der Waals surface area (Å²) in [4.78, 5) is 13.5. The molecule has 2 heterocycles. The predicted octanol–water partition coefficient (Wildman–Crippen LogP) is 3.86. The summed E-state index contributed by atoms with van der Waals surface area (Å²) in [6.07, 6.45) is 0. The number of thiophene rings is 1. The zero-order valence-electron chi connectivity index (χ0n) is 9.73. The normalized spacial score (nSPS) is 30.3. The van der Waals surface area contributed by atoms with E-state index in [-0.39, 0.29) is 5.25 Å². The summed E-state index contributed by atoms with van der Waals surface area (Å²) in [7, 11) is 0. The van der Waals surface area contributed by atoms with Gasteiger partial charge in [-0.3, -0.25) is 4.79 Å². The lowest BCUT2D eigenvalue weighted by Crippen LogP contribution is -2.31. The van der Waals surface area contributed by atoms with Crippen LogP contribution in [0.25, 0.3) is 0 Å². The quantitative estimate of drug-likeness (QED) is 0.761. The van der Waals surface area contributed by atoms with Crippen LogP contribution < -0.4 is 0 Å². The summed E-state index contributed by atoms with van der Waals surface area (Å²) < 4.78 is 0. The Balaban J connectivity index is 2.09. The van der Waals surface area contributed by atoms with Gasteiger partial charge in [0.25, 0.3) is 0 Å². The zero-order valence-corrected chi connectivity index (χ0v) is 12.2.